The van der Waals surface area contributed by atoms with E-state index in [1.165, 1.54) is 18.0 Å². The average Bonchev–Trinajstić information content (AvgIpc) is 2.95. The van der Waals surface area contributed by atoms with E-state index in [2.05, 4.69) is 15.2 Å². The number of esters is 1. The van der Waals surface area contributed by atoms with Crippen molar-refractivity contribution in [3.8, 4) is 0 Å². The molecule has 4 atom stereocenters. The summed E-state index contributed by atoms with van der Waals surface area (Å²) < 4.78 is 11.7. The van der Waals surface area contributed by atoms with Gasteiger partial charge in [0.1, 0.15) is 6.54 Å². The molecule has 2 heterocycles. The zero-order valence-electron chi connectivity index (χ0n) is 12.7. The lowest BCUT2D eigenvalue weighted by atomic mass is 9.89. The van der Waals surface area contributed by atoms with Gasteiger partial charge < -0.3 is 14.8 Å². The molecule has 2 rings (SSSR count). The zero-order chi connectivity index (χ0) is 15.6. The fourth-order valence-electron chi connectivity index (χ4n) is 2.66. The van der Waals surface area contributed by atoms with Crippen LogP contribution in [0.3, 0.4) is 0 Å². The van der Waals surface area contributed by atoms with Gasteiger partial charge in [0, 0.05) is 6.20 Å². The molecule has 116 valence electrons. The number of carbonyl (C=O) groups is 2. The van der Waals surface area contributed by atoms with E-state index in [0.29, 0.717) is 5.69 Å². The van der Waals surface area contributed by atoms with E-state index in [1.54, 1.807) is 6.20 Å². The summed E-state index contributed by atoms with van der Waals surface area (Å²) in [7, 11) is 1.32. The molecule has 1 aliphatic heterocycles. The molecule has 1 N–H and O–H groups in total. The number of aromatic nitrogens is 2. The molecule has 21 heavy (non-hydrogen) atoms. The van der Waals surface area contributed by atoms with Crippen LogP contribution in [0.1, 0.15) is 20.8 Å². The second-order valence-corrected chi connectivity index (χ2v) is 5.42. The number of anilines is 1. The van der Waals surface area contributed by atoms with Crippen LogP contribution in [0.25, 0.3) is 0 Å². The first-order valence-electron chi connectivity index (χ1n) is 6.98. The van der Waals surface area contributed by atoms with Crippen molar-refractivity contribution in [3.05, 3.63) is 12.4 Å². The standard InChI is InChI=1S/C14H21N3O4/c1-8-9(2)21-10(3)13(8)14(19)16-11-5-15-17(6-11)7-12(18)20-4/h5-6,8-10,13H,7H2,1-4H3,(H,16,19). The lowest BCUT2D eigenvalue weighted by Gasteiger charge is -2.17. The topological polar surface area (TPSA) is 82.5 Å². The number of amides is 1. The van der Waals surface area contributed by atoms with Crippen LogP contribution in [0.5, 0.6) is 0 Å². The zero-order valence-corrected chi connectivity index (χ0v) is 12.7. The van der Waals surface area contributed by atoms with Crippen molar-refractivity contribution in [2.45, 2.75) is 39.5 Å². The Hall–Kier alpha value is -1.89. The fraction of sp³-hybridized carbons (Fsp3) is 0.643. The largest absolute Gasteiger partial charge is 0.468 e. The Bertz CT molecular complexity index is 528. The maximum absolute atomic E-state index is 12.3. The third-order valence-corrected chi connectivity index (χ3v) is 3.96. The van der Waals surface area contributed by atoms with Crippen molar-refractivity contribution >= 4 is 17.6 Å². The molecule has 7 nitrogen and oxygen atoms in total. The molecular formula is C14H21N3O4. The molecule has 1 fully saturated rings. The Morgan fingerprint density at radius 3 is 2.67 bits per heavy atom. The highest BCUT2D eigenvalue weighted by Gasteiger charge is 2.41. The maximum Gasteiger partial charge on any atom is 0.327 e. The van der Waals surface area contributed by atoms with Gasteiger partial charge in [0.05, 0.1) is 37.1 Å². The lowest BCUT2D eigenvalue weighted by molar-refractivity contribution is -0.141. The summed E-state index contributed by atoms with van der Waals surface area (Å²) in [5.41, 5.74) is 0.558. The Morgan fingerprint density at radius 2 is 2.10 bits per heavy atom. The highest BCUT2D eigenvalue weighted by molar-refractivity contribution is 5.93. The first-order valence-corrected chi connectivity index (χ1v) is 6.98. The first kappa shape index (κ1) is 15.5. The summed E-state index contributed by atoms with van der Waals surface area (Å²) in [5.74, 6) is -0.512. The minimum absolute atomic E-state index is 0.0166. The van der Waals surface area contributed by atoms with Crippen LogP contribution in [0.4, 0.5) is 5.69 Å². The molecule has 1 aromatic rings. The van der Waals surface area contributed by atoms with Crippen LogP contribution in [0, 0.1) is 11.8 Å². The van der Waals surface area contributed by atoms with E-state index < -0.39 is 5.97 Å². The molecule has 7 heteroatoms. The molecule has 0 aliphatic carbocycles. The third-order valence-electron chi connectivity index (χ3n) is 3.96. The molecule has 0 spiro atoms. The second-order valence-electron chi connectivity index (χ2n) is 5.42. The summed E-state index contributed by atoms with van der Waals surface area (Å²) in [6.07, 6.45) is 3.07. The number of methoxy groups -OCH3 is 1. The highest BCUT2D eigenvalue weighted by Crippen LogP contribution is 2.32. The Labute approximate surface area is 123 Å². The SMILES string of the molecule is COC(=O)Cn1cc(NC(=O)C2C(C)OC(C)C2C)cn1. The predicted octanol–water partition coefficient (Wildman–Crippen LogP) is 1.05. The van der Waals surface area contributed by atoms with Gasteiger partial charge >= 0.3 is 5.97 Å². The summed E-state index contributed by atoms with van der Waals surface area (Å²) in [5, 5.41) is 6.83. The molecule has 1 saturated heterocycles. The van der Waals surface area contributed by atoms with E-state index in [9.17, 15) is 9.59 Å². The number of hydrogen-bond donors (Lipinski definition) is 1. The number of ether oxygens (including phenoxy) is 2. The van der Waals surface area contributed by atoms with Crippen molar-refractivity contribution in [1.29, 1.82) is 0 Å². The number of nitrogens with zero attached hydrogens (tertiary/aromatic N) is 2. The second kappa shape index (κ2) is 6.26. The smallest absolute Gasteiger partial charge is 0.327 e. The summed E-state index contributed by atoms with van der Waals surface area (Å²) >= 11 is 0. The Morgan fingerprint density at radius 1 is 1.38 bits per heavy atom. The average molecular weight is 295 g/mol. The quantitative estimate of drug-likeness (QED) is 0.840. The number of carbonyl (C=O) groups excluding carboxylic acids is 2. The van der Waals surface area contributed by atoms with Gasteiger partial charge in [-0.05, 0) is 19.8 Å². The van der Waals surface area contributed by atoms with Gasteiger partial charge in [0.2, 0.25) is 5.91 Å². The van der Waals surface area contributed by atoms with Crippen LogP contribution in [-0.2, 0) is 25.6 Å². The summed E-state index contributed by atoms with van der Waals surface area (Å²) in [6.45, 7) is 5.91. The van der Waals surface area contributed by atoms with Gasteiger partial charge in [0.25, 0.3) is 0 Å². The minimum Gasteiger partial charge on any atom is -0.468 e. The molecule has 0 radical (unpaired) electrons. The van der Waals surface area contributed by atoms with Crippen molar-refractivity contribution in [2.24, 2.45) is 11.8 Å². The van der Waals surface area contributed by atoms with Crippen LogP contribution in [0.2, 0.25) is 0 Å². The number of nitrogens with one attached hydrogen (secondary N) is 1. The van der Waals surface area contributed by atoms with Gasteiger partial charge in [-0.15, -0.1) is 0 Å². The number of hydrogen-bond acceptors (Lipinski definition) is 5. The van der Waals surface area contributed by atoms with Gasteiger partial charge in [-0.1, -0.05) is 6.92 Å². The van der Waals surface area contributed by atoms with E-state index in [1.807, 2.05) is 20.8 Å². The van der Waals surface area contributed by atoms with Gasteiger partial charge in [-0.25, -0.2) is 0 Å². The molecule has 1 aliphatic rings. The van der Waals surface area contributed by atoms with Gasteiger partial charge in [-0.2, -0.15) is 5.10 Å². The molecule has 0 aromatic carbocycles. The Balaban J connectivity index is 1.98. The highest BCUT2D eigenvalue weighted by atomic mass is 16.5. The predicted molar refractivity (Wildman–Crippen MR) is 75.5 cm³/mol. The van der Waals surface area contributed by atoms with Gasteiger partial charge in [-0.3, -0.25) is 14.3 Å². The Kier molecular flexibility index (Phi) is 4.62. The van der Waals surface area contributed by atoms with Crippen LogP contribution in [-0.4, -0.2) is 41.0 Å². The van der Waals surface area contributed by atoms with E-state index >= 15 is 0 Å². The van der Waals surface area contributed by atoms with Gasteiger partial charge in [0.15, 0.2) is 0 Å². The minimum atomic E-state index is -0.392. The molecule has 1 aromatic heterocycles. The normalized spacial score (nSPS) is 28.4. The van der Waals surface area contributed by atoms with Crippen molar-refractivity contribution < 1.29 is 19.1 Å². The number of rotatable bonds is 4. The van der Waals surface area contributed by atoms with E-state index in [0.717, 1.165) is 0 Å². The van der Waals surface area contributed by atoms with Crippen molar-refractivity contribution in [3.63, 3.8) is 0 Å². The molecule has 1 amide bonds. The fourth-order valence-corrected chi connectivity index (χ4v) is 2.66. The van der Waals surface area contributed by atoms with E-state index in [4.69, 9.17) is 4.74 Å². The van der Waals surface area contributed by atoms with Crippen molar-refractivity contribution in [2.75, 3.05) is 12.4 Å². The third kappa shape index (κ3) is 3.41. The lowest BCUT2D eigenvalue weighted by Crippen LogP contribution is -2.31. The van der Waals surface area contributed by atoms with E-state index in [-0.39, 0.29) is 36.5 Å². The molecular weight excluding hydrogens is 274 g/mol. The van der Waals surface area contributed by atoms with Crippen molar-refractivity contribution in [1.82, 2.24) is 9.78 Å². The maximum atomic E-state index is 12.3. The van der Waals surface area contributed by atoms with Crippen LogP contribution < -0.4 is 5.32 Å². The van der Waals surface area contributed by atoms with Crippen LogP contribution >= 0.6 is 0 Å². The van der Waals surface area contributed by atoms with Crippen LogP contribution in [0.15, 0.2) is 12.4 Å². The summed E-state index contributed by atoms with van der Waals surface area (Å²) in [6, 6.07) is 0. The monoisotopic (exact) mass is 295 g/mol. The molecule has 0 bridgehead atoms. The first-order chi connectivity index (χ1) is 9.92. The summed E-state index contributed by atoms with van der Waals surface area (Å²) in [4.78, 5) is 23.5. The molecule has 4 unspecified atom stereocenters. The molecule has 0 saturated carbocycles.